The van der Waals surface area contributed by atoms with E-state index >= 15 is 0 Å². The van der Waals surface area contributed by atoms with Gasteiger partial charge in [0.25, 0.3) is 0 Å². The summed E-state index contributed by atoms with van der Waals surface area (Å²) >= 11 is 1.32. The van der Waals surface area contributed by atoms with Gasteiger partial charge in [-0.05, 0) is 18.1 Å². The fraction of sp³-hybridized carbons (Fsp3) is 0.500. The van der Waals surface area contributed by atoms with Crippen LogP contribution in [-0.2, 0) is 4.79 Å². The molecule has 0 radical (unpaired) electrons. The van der Waals surface area contributed by atoms with Gasteiger partial charge >= 0.3 is 0 Å². The molecule has 1 amide bonds. The molecule has 1 aromatic carbocycles. The van der Waals surface area contributed by atoms with Gasteiger partial charge in [-0.2, -0.15) is 0 Å². The molecule has 19 heavy (non-hydrogen) atoms. The SMILES string of the molecule is CC(C)C(CO)NC(=O)CCSc1ccccc1F. The summed E-state index contributed by atoms with van der Waals surface area (Å²) in [4.78, 5) is 12.2. The predicted octanol–water partition coefficient (Wildman–Crippen LogP) is 2.44. The molecule has 0 saturated carbocycles. The van der Waals surface area contributed by atoms with Crippen LogP contribution in [0.2, 0.25) is 0 Å². The van der Waals surface area contributed by atoms with Crippen LogP contribution in [0.3, 0.4) is 0 Å². The zero-order valence-electron chi connectivity index (χ0n) is 11.2. The zero-order valence-corrected chi connectivity index (χ0v) is 12.0. The molecule has 0 aliphatic heterocycles. The summed E-state index contributed by atoms with van der Waals surface area (Å²) < 4.78 is 13.3. The summed E-state index contributed by atoms with van der Waals surface area (Å²) in [6, 6.07) is 6.30. The minimum absolute atomic E-state index is 0.0656. The molecular formula is C14H20FNO2S. The number of benzene rings is 1. The van der Waals surface area contributed by atoms with Gasteiger partial charge in [0.1, 0.15) is 5.82 Å². The quantitative estimate of drug-likeness (QED) is 0.757. The molecular weight excluding hydrogens is 265 g/mol. The summed E-state index contributed by atoms with van der Waals surface area (Å²) in [6.45, 7) is 3.81. The highest BCUT2D eigenvalue weighted by Gasteiger charge is 2.14. The van der Waals surface area contributed by atoms with Crippen molar-refractivity contribution < 1.29 is 14.3 Å². The molecule has 1 unspecified atom stereocenters. The molecule has 1 aromatic rings. The van der Waals surface area contributed by atoms with E-state index in [4.69, 9.17) is 5.11 Å². The number of rotatable bonds is 7. The van der Waals surface area contributed by atoms with Crippen LogP contribution in [0, 0.1) is 11.7 Å². The van der Waals surface area contributed by atoms with Crippen molar-refractivity contribution in [2.75, 3.05) is 12.4 Å². The molecule has 0 aromatic heterocycles. The van der Waals surface area contributed by atoms with Crippen molar-refractivity contribution in [3.05, 3.63) is 30.1 Å². The van der Waals surface area contributed by atoms with Crippen LogP contribution in [0.15, 0.2) is 29.2 Å². The third kappa shape index (κ3) is 5.61. The van der Waals surface area contributed by atoms with Crippen molar-refractivity contribution in [2.24, 2.45) is 5.92 Å². The van der Waals surface area contributed by atoms with Gasteiger partial charge in [-0.1, -0.05) is 26.0 Å². The van der Waals surface area contributed by atoms with Crippen LogP contribution in [-0.4, -0.2) is 29.4 Å². The number of nitrogens with one attached hydrogen (secondary N) is 1. The van der Waals surface area contributed by atoms with Crippen molar-refractivity contribution >= 4 is 17.7 Å². The lowest BCUT2D eigenvalue weighted by Gasteiger charge is -2.19. The Labute approximate surface area is 117 Å². The molecule has 5 heteroatoms. The monoisotopic (exact) mass is 285 g/mol. The number of thioether (sulfide) groups is 1. The first-order valence-electron chi connectivity index (χ1n) is 6.32. The molecule has 1 rings (SSSR count). The lowest BCUT2D eigenvalue weighted by molar-refractivity contribution is -0.122. The summed E-state index contributed by atoms with van der Waals surface area (Å²) in [7, 11) is 0. The van der Waals surface area contributed by atoms with Crippen molar-refractivity contribution in [1.82, 2.24) is 5.32 Å². The van der Waals surface area contributed by atoms with Crippen LogP contribution in [0.25, 0.3) is 0 Å². The topological polar surface area (TPSA) is 49.3 Å². The number of aliphatic hydroxyl groups is 1. The molecule has 0 aliphatic carbocycles. The Balaban J connectivity index is 2.33. The molecule has 0 heterocycles. The fourth-order valence-corrected chi connectivity index (χ4v) is 2.41. The minimum atomic E-state index is -0.261. The van der Waals surface area contributed by atoms with Crippen molar-refractivity contribution in [3.8, 4) is 0 Å². The molecule has 106 valence electrons. The van der Waals surface area contributed by atoms with E-state index in [1.54, 1.807) is 18.2 Å². The Hall–Kier alpha value is -1.07. The van der Waals surface area contributed by atoms with Gasteiger partial charge < -0.3 is 10.4 Å². The van der Waals surface area contributed by atoms with Crippen LogP contribution in [0.5, 0.6) is 0 Å². The first-order chi connectivity index (χ1) is 9.04. The molecule has 2 N–H and O–H groups in total. The smallest absolute Gasteiger partial charge is 0.221 e. The molecule has 0 saturated heterocycles. The summed E-state index contributed by atoms with van der Waals surface area (Å²) in [5.41, 5.74) is 0. The van der Waals surface area contributed by atoms with Crippen molar-refractivity contribution in [1.29, 1.82) is 0 Å². The van der Waals surface area contributed by atoms with Gasteiger partial charge in [0.2, 0.25) is 5.91 Å². The van der Waals surface area contributed by atoms with Gasteiger partial charge in [0, 0.05) is 17.1 Å². The highest BCUT2D eigenvalue weighted by molar-refractivity contribution is 7.99. The van der Waals surface area contributed by atoms with Crippen LogP contribution >= 0.6 is 11.8 Å². The van der Waals surface area contributed by atoms with Crippen LogP contribution in [0.1, 0.15) is 20.3 Å². The van der Waals surface area contributed by atoms with Crippen LogP contribution < -0.4 is 5.32 Å². The van der Waals surface area contributed by atoms with E-state index in [-0.39, 0.29) is 30.3 Å². The van der Waals surface area contributed by atoms with Gasteiger partial charge in [0.05, 0.1) is 12.6 Å². The average Bonchev–Trinajstić information content (AvgIpc) is 2.38. The van der Waals surface area contributed by atoms with Gasteiger partial charge in [-0.25, -0.2) is 4.39 Å². The average molecular weight is 285 g/mol. The minimum Gasteiger partial charge on any atom is -0.394 e. The van der Waals surface area contributed by atoms with E-state index in [1.807, 2.05) is 13.8 Å². The maximum atomic E-state index is 13.3. The van der Waals surface area contributed by atoms with E-state index in [9.17, 15) is 9.18 Å². The highest BCUT2D eigenvalue weighted by Crippen LogP contribution is 2.21. The number of halogens is 1. The molecule has 0 aliphatic rings. The summed E-state index contributed by atoms with van der Waals surface area (Å²) in [5, 5.41) is 11.9. The lowest BCUT2D eigenvalue weighted by Crippen LogP contribution is -2.41. The maximum Gasteiger partial charge on any atom is 0.221 e. The second-order valence-electron chi connectivity index (χ2n) is 4.63. The largest absolute Gasteiger partial charge is 0.394 e. The number of carbonyl (C=O) groups excluding carboxylic acids is 1. The van der Waals surface area contributed by atoms with Gasteiger partial charge in [0.15, 0.2) is 0 Å². The van der Waals surface area contributed by atoms with E-state index in [0.29, 0.717) is 17.1 Å². The highest BCUT2D eigenvalue weighted by atomic mass is 32.2. The van der Waals surface area contributed by atoms with E-state index in [2.05, 4.69) is 5.32 Å². The number of hydrogen-bond donors (Lipinski definition) is 2. The standard InChI is InChI=1S/C14H20FNO2S/c1-10(2)12(9-17)16-14(18)7-8-19-13-6-4-3-5-11(13)15/h3-6,10,12,17H,7-9H2,1-2H3,(H,16,18). The summed E-state index contributed by atoms with van der Waals surface area (Å²) in [6.07, 6.45) is 0.308. The summed E-state index contributed by atoms with van der Waals surface area (Å²) in [5.74, 6) is 0.330. The second kappa shape index (κ2) is 8.17. The molecule has 0 fully saturated rings. The van der Waals surface area contributed by atoms with E-state index in [0.717, 1.165) is 0 Å². The molecule has 0 spiro atoms. The normalized spacial score (nSPS) is 12.5. The Morgan fingerprint density at radius 1 is 1.42 bits per heavy atom. The molecule has 0 bridgehead atoms. The predicted molar refractivity (Wildman–Crippen MR) is 75.6 cm³/mol. The second-order valence-corrected chi connectivity index (χ2v) is 5.77. The molecule has 1 atom stereocenters. The maximum absolute atomic E-state index is 13.3. The Kier molecular flexibility index (Phi) is 6.87. The Bertz CT molecular complexity index is 412. The fourth-order valence-electron chi connectivity index (χ4n) is 1.52. The third-order valence-corrected chi connectivity index (χ3v) is 3.82. The third-order valence-electron chi connectivity index (χ3n) is 2.77. The first kappa shape index (κ1) is 16.0. The van der Waals surface area contributed by atoms with E-state index < -0.39 is 0 Å². The van der Waals surface area contributed by atoms with Gasteiger partial charge in [-0.3, -0.25) is 4.79 Å². The van der Waals surface area contributed by atoms with Gasteiger partial charge in [-0.15, -0.1) is 11.8 Å². The molecule has 3 nitrogen and oxygen atoms in total. The Morgan fingerprint density at radius 2 is 2.11 bits per heavy atom. The number of aliphatic hydroxyl groups excluding tert-OH is 1. The number of hydrogen-bond acceptors (Lipinski definition) is 3. The number of carbonyl (C=O) groups is 1. The number of amides is 1. The first-order valence-corrected chi connectivity index (χ1v) is 7.30. The Morgan fingerprint density at radius 3 is 2.68 bits per heavy atom. The van der Waals surface area contributed by atoms with E-state index in [1.165, 1.54) is 17.8 Å². The van der Waals surface area contributed by atoms with Crippen molar-refractivity contribution in [2.45, 2.75) is 31.2 Å². The van der Waals surface area contributed by atoms with Crippen LogP contribution in [0.4, 0.5) is 4.39 Å². The lowest BCUT2D eigenvalue weighted by atomic mass is 10.1. The van der Waals surface area contributed by atoms with Crippen molar-refractivity contribution in [3.63, 3.8) is 0 Å². The zero-order chi connectivity index (χ0) is 14.3.